The van der Waals surface area contributed by atoms with Gasteiger partial charge in [0.2, 0.25) is 6.41 Å². The van der Waals surface area contributed by atoms with Gasteiger partial charge >= 0.3 is 0 Å². The minimum Gasteiger partial charge on any atom is -0.508 e. The smallest absolute Gasteiger partial charge is 0.209 e. The van der Waals surface area contributed by atoms with Gasteiger partial charge in [0.15, 0.2) is 5.82 Å². The van der Waals surface area contributed by atoms with E-state index in [0.717, 1.165) is 83.0 Å². The normalized spacial score (nSPS) is 18.5. The summed E-state index contributed by atoms with van der Waals surface area (Å²) in [4.78, 5) is 17.9. The number of aromatic hydroxyl groups is 2. The van der Waals surface area contributed by atoms with Crippen molar-refractivity contribution in [1.29, 1.82) is 0 Å². The van der Waals surface area contributed by atoms with E-state index in [4.69, 9.17) is 0 Å². The Balaban J connectivity index is 1.30. The number of rotatable bonds is 10. The van der Waals surface area contributed by atoms with Gasteiger partial charge in [-0.15, -0.1) is 10.2 Å². The van der Waals surface area contributed by atoms with Crippen LogP contribution in [0, 0.1) is 12.8 Å². The number of hydrogen-bond donors (Lipinski definition) is 2. The number of phenolic OH excluding ortho intramolecular Hbond substituents is 2. The van der Waals surface area contributed by atoms with E-state index in [-0.39, 0.29) is 11.5 Å². The van der Waals surface area contributed by atoms with Crippen molar-refractivity contribution in [3.63, 3.8) is 0 Å². The second-order valence-electron chi connectivity index (χ2n) is 10.5. The van der Waals surface area contributed by atoms with Crippen molar-refractivity contribution >= 4 is 6.41 Å². The largest absolute Gasteiger partial charge is 0.508 e. The van der Waals surface area contributed by atoms with Crippen molar-refractivity contribution < 1.29 is 15.0 Å². The first-order valence-electron chi connectivity index (χ1n) is 13.8. The minimum absolute atomic E-state index is 0.00274. The highest BCUT2D eigenvalue weighted by Gasteiger charge is 2.23. The monoisotopic (exact) mass is 522 g/mol. The number of aromatic nitrogens is 3. The van der Waals surface area contributed by atoms with Crippen LogP contribution in [-0.4, -0.2) is 98.4 Å². The van der Waals surface area contributed by atoms with E-state index < -0.39 is 0 Å². The fraction of sp³-hybridized carbons (Fsp3) is 0.552. The van der Waals surface area contributed by atoms with Crippen LogP contribution in [0.5, 0.6) is 11.5 Å². The van der Waals surface area contributed by atoms with E-state index >= 15 is 0 Å². The predicted molar refractivity (Wildman–Crippen MR) is 149 cm³/mol. The maximum Gasteiger partial charge on any atom is 0.209 e. The van der Waals surface area contributed by atoms with Crippen molar-refractivity contribution in [2.75, 3.05) is 52.4 Å². The predicted octanol–water partition coefficient (Wildman–Crippen LogP) is 3.22. The summed E-state index contributed by atoms with van der Waals surface area (Å²) in [5.74, 6) is 2.15. The van der Waals surface area contributed by atoms with Crippen LogP contribution in [0.2, 0.25) is 0 Å². The molecule has 1 aromatic carbocycles. The van der Waals surface area contributed by atoms with Gasteiger partial charge in [-0.3, -0.25) is 9.69 Å². The molecule has 3 heterocycles. The number of benzene rings is 1. The zero-order chi connectivity index (χ0) is 27.1. The number of allylic oxidation sites excluding steroid dienone is 2. The highest BCUT2D eigenvalue weighted by atomic mass is 16.3. The molecule has 206 valence electrons. The van der Waals surface area contributed by atoms with E-state index in [2.05, 4.69) is 45.1 Å². The molecule has 0 radical (unpaired) electrons. The topological polar surface area (TPSA) is 98.0 Å². The highest BCUT2D eigenvalue weighted by Crippen LogP contribution is 2.34. The van der Waals surface area contributed by atoms with Gasteiger partial charge in [0.25, 0.3) is 0 Å². The van der Waals surface area contributed by atoms with E-state index in [9.17, 15) is 15.0 Å². The Morgan fingerprint density at radius 1 is 1.03 bits per heavy atom. The number of phenols is 2. The molecule has 38 heavy (non-hydrogen) atoms. The number of amides is 1. The summed E-state index contributed by atoms with van der Waals surface area (Å²) in [5.41, 5.74) is 2.61. The molecule has 1 aromatic heterocycles. The average molecular weight is 523 g/mol. The lowest BCUT2D eigenvalue weighted by atomic mass is 9.96. The molecule has 9 nitrogen and oxygen atoms in total. The van der Waals surface area contributed by atoms with Crippen LogP contribution in [0.1, 0.15) is 38.1 Å². The van der Waals surface area contributed by atoms with E-state index in [1.54, 1.807) is 6.07 Å². The fourth-order valence-electron chi connectivity index (χ4n) is 5.43. The maximum atomic E-state index is 10.9. The van der Waals surface area contributed by atoms with Gasteiger partial charge in [-0.25, -0.2) is 0 Å². The number of likely N-dealkylation sites (tertiary alicyclic amines) is 1. The van der Waals surface area contributed by atoms with Gasteiger partial charge in [-0.2, -0.15) is 0 Å². The zero-order valence-electron chi connectivity index (χ0n) is 23.0. The van der Waals surface area contributed by atoms with Gasteiger partial charge in [-0.1, -0.05) is 25.2 Å². The molecule has 1 amide bonds. The van der Waals surface area contributed by atoms with Crippen LogP contribution >= 0.6 is 0 Å². The molecule has 0 bridgehead atoms. The highest BCUT2D eigenvalue weighted by molar-refractivity contribution is 5.67. The number of piperidine rings is 1. The number of piperazine rings is 1. The third kappa shape index (κ3) is 6.82. The van der Waals surface area contributed by atoms with Gasteiger partial charge < -0.3 is 24.6 Å². The Hall–Kier alpha value is -3.17. The molecular formula is C29H42N6O3. The Morgan fingerprint density at radius 2 is 1.74 bits per heavy atom. The molecular weight excluding hydrogens is 480 g/mol. The number of carbonyl (C=O) groups excluding carboxylic acids is 1. The summed E-state index contributed by atoms with van der Waals surface area (Å²) >= 11 is 0. The molecule has 4 rings (SSSR count). The van der Waals surface area contributed by atoms with Gasteiger partial charge in [0, 0.05) is 65.0 Å². The second-order valence-corrected chi connectivity index (χ2v) is 10.5. The molecule has 0 saturated carbocycles. The Morgan fingerprint density at radius 3 is 2.39 bits per heavy atom. The van der Waals surface area contributed by atoms with Crippen molar-refractivity contribution in [2.24, 2.45) is 5.92 Å². The van der Waals surface area contributed by atoms with Gasteiger partial charge in [-0.05, 0) is 56.2 Å². The Bertz CT molecular complexity index is 1140. The number of aryl methyl sites for hydroxylation is 2. The number of hydrogen-bond acceptors (Lipinski definition) is 7. The Labute approximate surface area is 226 Å². The van der Waals surface area contributed by atoms with Crippen molar-refractivity contribution in [3.05, 3.63) is 47.3 Å². The summed E-state index contributed by atoms with van der Waals surface area (Å²) in [6, 6.07) is 3.17. The first-order chi connectivity index (χ1) is 18.4. The molecule has 2 aliphatic heterocycles. The number of nitrogens with zero attached hydrogens (tertiary/aromatic N) is 6. The molecule has 2 aromatic rings. The lowest BCUT2D eigenvalue weighted by Crippen LogP contribution is -2.49. The summed E-state index contributed by atoms with van der Waals surface area (Å²) in [5, 5.41) is 29.1. The fourth-order valence-corrected chi connectivity index (χ4v) is 5.43. The van der Waals surface area contributed by atoms with Crippen LogP contribution < -0.4 is 0 Å². The van der Waals surface area contributed by atoms with Gasteiger partial charge in [0.1, 0.15) is 17.3 Å². The SMILES string of the molecule is C/C=C(\C=C/Cn1c(C)nnc1-c1cc(CC)c(O)cc1O)CN1CCN(CC2CCN(C=O)CC2)CC1. The standard InChI is InChI=1S/C29H42N6O3/c1-4-23(19-32-13-15-33(16-14-32)20-24-8-11-34(21-36)12-9-24)7-6-10-35-22(3)30-31-29(35)26-17-25(5-2)27(37)18-28(26)38/h4,6-7,17-18,21,24,37-38H,5,8-16,19-20H2,1-3H3/b7-6-,23-4+. The summed E-state index contributed by atoms with van der Waals surface area (Å²) in [7, 11) is 0. The first kappa shape index (κ1) is 27.9. The second kappa shape index (κ2) is 13.1. The molecule has 9 heteroatoms. The average Bonchev–Trinajstić information content (AvgIpc) is 3.29. The molecule has 2 aliphatic rings. The van der Waals surface area contributed by atoms with Crippen LogP contribution in [0.15, 0.2) is 35.9 Å². The number of carbonyl (C=O) groups is 1. The van der Waals surface area contributed by atoms with Crippen LogP contribution in [0.3, 0.4) is 0 Å². The van der Waals surface area contributed by atoms with E-state index in [0.29, 0.717) is 30.3 Å². The maximum absolute atomic E-state index is 10.9. The quantitative estimate of drug-likeness (QED) is 0.365. The molecule has 2 saturated heterocycles. The molecule has 0 spiro atoms. The van der Waals surface area contributed by atoms with Crippen LogP contribution in [0.25, 0.3) is 11.4 Å². The molecule has 0 unspecified atom stereocenters. The molecule has 0 aliphatic carbocycles. The van der Waals surface area contributed by atoms with E-state index in [1.807, 2.05) is 23.3 Å². The molecule has 0 atom stereocenters. The lowest BCUT2D eigenvalue weighted by molar-refractivity contribution is -0.119. The third-order valence-corrected chi connectivity index (χ3v) is 7.93. The van der Waals surface area contributed by atoms with Crippen molar-refractivity contribution in [2.45, 2.75) is 46.6 Å². The minimum atomic E-state index is -0.00274. The van der Waals surface area contributed by atoms with Crippen LogP contribution in [-0.2, 0) is 17.8 Å². The molecule has 2 fully saturated rings. The van der Waals surface area contributed by atoms with Crippen molar-refractivity contribution in [3.8, 4) is 22.9 Å². The third-order valence-electron chi connectivity index (χ3n) is 7.93. The van der Waals surface area contributed by atoms with Gasteiger partial charge in [0.05, 0.1) is 5.56 Å². The molecule has 2 N–H and O–H groups in total. The van der Waals surface area contributed by atoms with Crippen molar-refractivity contribution in [1.82, 2.24) is 29.5 Å². The summed E-state index contributed by atoms with van der Waals surface area (Å²) in [6.07, 6.45) is 10.3. The van der Waals surface area contributed by atoms with Crippen LogP contribution in [0.4, 0.5) is 0 Å². The summed E-state index contributed by atoms with van der Waals surface area (Å²) < 4.78 is 1.98. The lowest BCUT2D eigenvalue weighted by Gasteiger charge is -2.38. The summed E-state index contributed by atoms with van der Waals surface area (Å²) in [6.45, 7) is 14.7. The first-order valence-corrected chi connectivity index (χ1v) is 13.8. The Kier molecular flexibility index (Phi) is 9.58. The zero-order valence-corrected chi connectivity index (χ0v) is 23.0. The van der Waals surface area contributed by atoms with E-state index in [1.165, 1.54) is 11.6 Å².